The summed E-state index contributed by atoms with van der Waals surface area (Å²) in [6, 6.07) is 18.3. The van der Waals surface area contributed by atoms with Gasteiger partial charge in [0.05, 0.1) is 24.6 Å². The summed E-state index contributed by atoms with van der Waals surface area (Å²) in [6.45, 7) is 0. The van der Waals surface area contributed by atoms with Gasteiger partial charge in [0.2, 0.25) is 0 Å². The van der Waals surface area contributed by atoms with E-state index in [2.05, 4.69) is 10.5 Å². The molecule has 0 spiro atoms. The lowest BCUT2D eigenvalue weighted by atomic mass is 10.1. The molecule has 0 atom stereocenters. The van der Waals surface area contributed by atoms with Crippen molar-refractivity contribution < 1.29 is 14.3 Å². The molecule has 0 aliphatic heterocycles. The van der Waals surface area contributed by atoms with E-state index in [1.807, 2.05) is 30.3 Å². The number of benzene rings is 2. The molecule has 0 fully saturated rings. The highest BCUT2D eigenvalue weighted by Gasteiger charge is 2.15. The van der Waals surface area contributed by atoms with E-state index in [9.17, 15) is 9.59 Å². The molecule has 27 heavy (non-hydrogen) atoms. The van der Waals surface area contributed by atoms with Gasteiger partial charge in [-0.2, -0.15) is 5.10 Å². The second kappa shape index (κ2) is 8.29. The molecular formula is C20H17N3O3S. The van der Waals surface area contributed by atoms with Crippen LogP contribution in [0.4, 0.5) is 5.69 Å². The molecular weight excluding hydrogens is 362 g/mol. The maximum absolute atomic E-state index is 12.4. The largest absolute Gasteiger partial charge is 0.465 e. The topological polar surface area (TPSA) is 93.8 Å². The van der Waals surface area contributed by atoms with Crippen molar-refractivity contribution >= 4 is 35.1 Å². The Morgan fingerprint density at radius 1 is 1.11 bits per heavy atom. The molecule has 2 aromatic carbocycles. The standard InChI is InChI=1S/C20H17N3O3S/c1-26-20(25)15-10-6-5-9-14(15)12-22-23-19(24)18-16(21)11-17(27-18)13-7-3-2-4-8-13/h2-12H,21H2,1H3,(H,23,24)/b22-12-. The van der Waals surface area contributed by atoms with Crippen molar-refractivity contribution in [3.8, 4) is 10.4 Å². The third kappa shape index (κ3) is 4.21. The van der Waals surface area contributed by atoms with Crippen molar-refractivity contribution in [3.05, 3.63) is 76.7 Å². The molecule has 3 N–H and O–H groups in total. The summed E-state index contributed by atoms with van der Waals surface area (Å²) in [7, 11) is 1.31. The first kappa shape index (κ1) is 18.3. The van der Waals surface area contributed by atoms with Crippen LogP contribution in [0.25, 0.3) is 10.4 Å². The van der Waals surface area contributed by atoms with Gasteiger partial charge in [0.15, 0.2) is 0 Å². The first-order chi connectivity index (χ1) is 13.1. The van der Waals surface area contributed by atoms with Crippen LogP contribution in [0.15, 0.2) is 65.8 Å². The number of hydrogen-bond donors (Lipinski definition) is 2. The molecule has 7 heteroatoms. The number of methoxy groups -OCH3 is 1. The third-order valence-corrected chi connectivity index (χ3v) is 4.96. The fourth-order valence-corrected chi connectivity index (χ4v) is 3.42. The predicted molar refractivity (Wildman–Crippen MR) is 107 cm³/mol. The van der Waals surface area contributed by atoms with E-state index in [0.717, 1.165) is 10.4 Å². The molecule has 0 aliphatic carbocycles. The minimum atomic E-state index is -0.474. The number of rotatable bonds is 5. The van der Waals surface area contributed by atoms with Gasteiger partial charge < -0.3 is 10.5 Å². The van der Waals surface area contributed by atoms with E-state index in [1.165, 1.54) is 24.7 Å². The highest BCUT2D eigenvalue weighted by molar-refractivity contribution is 7.18. The Morgan fingerprint density at radius 3 is 2.56 bits per heavy atom. The Morgan fingerprint density at radius 2 is 1.81 bits per heavy atom. The van der Waals surface area contributed by atoms with Crippen LogP contribution in [0, 0.1) is 0 Å². The normalized spacial score (nSPS) is 10.7. The number of nitrogen functional groups attached to an aromatic ring is 1. The summed E-state index contributed by atoms with van der Waals surface area (Å²) in [5.74, 6) is -0.884. The van der Waals surface area contributed by atoms with Gasteiger partial charge in [0, 0.05) is 10.4 Å². The molecule has 1 aromatic heterocycles. The highest BCUT2D eigenvalue weighted by atomic mass is 32.1. The molecule has 1 amide bonds. The van der Waals surface area contributed by atoms with Gasteiger partial charge in [-0.25, -0.2) is 10.2 Å². The number of nitrogens with two attached hydrogens (primary N) is 1. The summed E-state index contributed by atoms with van der Waals surface area (Å²) in [5, 5.41) is 3.94. The monoisotopic (exact) mass is 379 g/mol. The molecule has 0 aliphatic rings. The van der Waals surface area contributed by atoms with Gasteiger partial charge in [-0.05, 0) is 17.7 Å². The molecule has 136 valence electrons. The van der Waals surface area contributed by atoms with Crippen molar-refractivity contribution in [2.24, 2.45) is 5.10 Å². The Balaban J connectivity index is 1.75. The van der Waals surface area contributed by atoms with Crippen LogP contribution in [-0.2, 0) is 4.74 Å². The smallest absolute Gasteiger partial charge is 0.338 e. The second-order valence-corrected chi connectivity index (χ2v) is 6.59. The van der Waals surface area contributed by atoms with Crippen LogP contribution < -0.4 is 11.2 Å². The van der Waals surface area contributed by atoms with Crippen LogP contribution in [0.3, 0.4) is 0 Å². The predicted octanol–water partition coefficient (Wildman–Crippen LogP) is 3.55. The zero-order valence-electron chi connectivity index (χ0n) is 14.5. The number of nitrogens with one attached hydrogen (secondary N) is 1. The SMILES string of the molecule is COC(=O)c1ccccc1/C=N\NC(=O)c1sc(-c2ccccc2)cc1N. The number of ether oxygens (including phenoxy) is 1. The Hall–Kier alpha value is -3.45. The maximum atomic E-state index is 12.4. The van der Waals surface area contributed by atoms with Gasteiger partial charge in [-0.1, -0.05) is 48.5 Å². The van der Waals surface area contributed by atoms with Gasteiger partial charge in [-0.3, -0.25) is 4.79 Å². The lowest BCUT2D eigenvalue weighted by molar-refractivity contribution is 0.0600. The minimum absolute atomic E-state index is 0.361. The maximum Gasteiger partial charge on any atom is 0.338 e. The summed E-state index contributed by atoms with van der Waals surface area (Å²) in [5.41, 5.74) is 10.7. The summed E-state index contributed by atoms with van der Waals surface area (Å²) >= 11 is 1.29. The van der Waals surface area contributed by atoms with Crippen molar-refractivity contribution in [3.63, 3.8) is 0 Å². The number of amides is 1. The van der Waals surface area contributed by atoms with Crippen molar-refractivity contribution in [2.75, 3.05) is 12.8 Å². The second-order valence-electron chi connectivity index (χ2n) is 5.54. The first-order valence-corrected chi connectivity index (χ1v) is 8.87. The van der Waals surface area contributed by atoms with Gasteiger partial charge in [-0.15, -0.1) is 11.3 Å². The number of hydrazone groups is 1. The van der Waals surface area contributed by atoms with Gasteiger partial charge >= 0.3 is 5.97 Å². The van der Waals surface area contributed by atoms with Crippen LogP contribution >= 0.6 is 11.3 Å². The number of esters is 1. The highest BCUT2D eigenvalue weighted by Crippen LogP contribution is 2.32. The van der Waals surface area contributed by atoms with E-state index < -0.39 is 11.9 Å². The van der Waals surface area contributed by atoms with Crippen LogP contribution in [0.2, 0.25) is 0 Å². The van der Waals surface area contributed by atoms with Gasteiger partial charge in [0.1, 0.15) is 4.88 Å². The number of carbonyl (C=O) groups excluding carboxylic acids is 2. The van der Waals surface area contributed by atoms with E-state index in [0.29, 0.717) is 21.7 Å². The number of thiophene rings is 1. The number of anilines is 1. The molecule has 1 heterocycles. The van der Waals surface area contributed by atoms with Crippen LogP contribution in [0.5, 0.6) is 0 Å². The number of carbonyl (C=O) groups is 2. The lowest BCUT2D eigenvalue weighted by Gasteiger charge is -2.03. The van der Waals surface area contributed by atoms with Crippen molar-refractivity contribution in [2.45, 2.75) is 0 Å². The molecule has 0 radical (unpaired) electrons. The van der Waals surface area contributed by atoms with E-state index >= 15 is 0 Å². The fraction of sp³-hybridized carbons (Fsp3) is 0.0500. The fourth-order valence-electron chi connectivity index (χ4n) is 2.44. The average molecular weight is 379 g/mol. The first-order valence-electron chi connectivity index (χ1n) is 8.05. The molecule has 0 bridgehead atoms. The summed E-state index contributed by atoms with van der Waals surface area (Å²) < 4.78 is 4.73. The van der Waals surface area contributed by atoms with Crippen LogP contribution in [0.1, 0.15) is 25.6 Å². The van der Waals surface area contributed by atoms with E-state index in [-0.39, 0.29) is 0 Å². The number of hydrogen-bond acceptors (Lipinski definition) is 6. The molecule has 3 rings (SSSR count). The summed E-state index contributed by atoms with van der Waals surface area (Å²) in [6.07, 6.45) is 1.39. The lowest BCUT2D eigenvalue weighted by Crippen LogP contribution is -2.17. The zero-order valence-corrected chi connectivity index (χ0v) is 15.3. The van der Waals surface area contributed by atoms with Crippen LogP contribution in [-0.4, -0.2) is 25.2 Å². The molecule has 6 nitrogen and oxygen atoms in total. The Labute approximate surface area is 160 Å². The van der Waals surface area contributed by atoms with E-state index in [4.69, 9.17) is 10.5 Å². The molecule has 0 unspecified atom stereocenters. The quantitative estimate of drug-likeness (QED) is 0.403. The van der Waals surface area contributed by atoms with Gasteiger partial charge in [0.25, 0.3) is 5.91 Å². The third-order valence-electron chi connectivity index (χ3n) is 3.76. The van der Waals surface area contributed by atoms with Crippen molar-refractivity contribution in [1.29, 1.82) is 0 Å². The average Bonchev–Trinajstić information content (AvgIpc) is 3.10. The Bertz CT molecular complexity index is 997. The molecule has 0 saturated carbocycles. The van der Waals surface area contributed by atoms with Crippen molar-refractivity contribution in [1.82, 2.24) is 5.43 Å². The zero-order chi connectivity index (χ0) is 19.2. The summed E-state index contributed by atoms with van der Waals surface area (Å²) in [4.78, 5) is 25.4. The minimum Gasteiger partial charge on any atom is -0.465 e. The number of nitrogens with zero attached hydrogens (tertiary/aromatic N) is 1. The molecule has 3 aromatic rings. The Kier molecular flexibility index (Phi) is 5.63. The van der Waals surface area contributed by atoms with E-state index in [1.54, 1.807) is 30.3 Å². The molecule has 0 saturated heterocycles.